The Bertz CT molecular complexity index is 1070. The molecule has 1 unspecified atom stereocenters. The van der Waals surface area contributed by atoms with Crippen molar-refractivity contribution in [2.24, 2.45) is 0 Å². The summed E-state index contributed by atoms with van der Waals surface area (Å²) >= 11 is 1.48. The molecule has 7 nitrogen and oxygen atoms in total. The van der Waals surface area contributed by atoms with Crippen molar-refractivity contribution in [1.29, 1.82) is 0 Å². The molecule has 1 N–H and O–H groups in total. The Morgan fingerprint density at radius 2 is 1.86 bits per heavy atom. The number of benzene rings is 1. The molecule has 5 rings (SSSR count). The number of furan rings is 1. The maximum atomic E-state index is 11.0. The van der Waals surface area contributed by atoms with Crippen LogP contribution in [-0.2, 0) is 0 Å². The van der Waals surface area contributed by atoms with Gasteiger partial charge in [-0.15, -0.1) is 5.10 Å². The number of rotatable bonds is 4. The lowest BCUT2D eigenvalue weighted by Crippen LogP contribution is -2.46. The number of aromatic hydroxyl groups is 1. The summed E-state index contributed by atoms with van der Waals surface area (Å²) < 4.78 is 6.90. The van der Waals surface area contributed by atoms with E-state index < -0.39 is 0 Å². The first-order valence-electron chi connectivity index (χ1n) is 9.30. The molecule has 0 amide bonds. The van der Waals surface area contributed by atoms with Crippen LogP contribution >= 0.6 is 11.3 Å². The zero-order chi connectivity index (χ0) is 19.1. The molecule has 0 spiro atoms. The highest BCUT2D eigenvalue weighted by molar-refractivity contribution is 7.17. The second kappa shape index (κ2) is 7.05. The van der Waals surface area contributed by atoms with Crippen LogP contribution in [0, 0.1) is 0 Å². The van der Waals surface area contributed by atoms with Gasteiger partial charge in [0, 0.05) is 26.2 Å². The fraction of sp³-hybridized carbons (Fsp3) is 0.300. The second-order valence-corrected chi connectivity index (χ2v) is 8.06. The normalized spacial score (nSPS) is 17.3. The van der Waals surface area contributed by atoms with Gasteiger partial charge < -0.3 is 14.4 Å². The third-order valence-corrected chi connectivity index (χ3v) is 6.28. The van der Waals surface area contributed by atoms with Crippen molar-refractivity contribution in [3.63, 3.8) is 0 Å². The Balaban J connectivity index is 1.57. The Kier molecular flexibility index (Phi) is 4.38. The molecule has 0 aliphatic carbocycles. The first-order valence-corrected chi connectivity index (χ1v) is 10.1. The average Bonchev–Trinajstić information content (AvgIpc) is 3.43. The maximum Gasteiger partial charge on any atom is 0.230 e. The van der Waals surface area contributed by atoms with Crippen molar-refractivity contribution in [2.75, 3.05) is 33.2 Å². The van der Waals surface area contributed by atoms with Gasteiger partial charge in [-0.2, -0.15) is 9.50 Å². The number of likely N-dealkylation sites (N-methyl/N-ethyl adjacent to an activating group) is 1. The number of nitrogens with zero attached hydrogens (tertiary/aromatic N) is 5. The summed E-state index contributed by atoms with van der Waals surface area (Å²) in [6.07, 6.45) is 1.59. The van der Waals surface area contributed by atoms with Crippen LogP contribution in [0.15, 0.2) is 53.1 Å². The van der Waals surface area contributed by atoms with Crippen LogP contribution in [-0.4, -0.2) is 62.7 Å². The predicted molar refractivity (Wildman–Crippen MR) is 108 cm³/mol. The molecule has 4 heterocycles. The maximum absolute atomic E-state index is 11.0. The molecule has 1 atom stereocenters. The van der Waals surface area contributed by atoms with Gasteiger partial charge in [0.15, 0.2) is 5.76 Å². The molecule has 1 aliphatic heterocycles. The Morgan fingerprint density at radius 3 is 2.54 bits per heavy atom. The van der Waals surface area contributed by atoms with E-state index in [-0.39, 0.29) is 11.9 Å². The number of fused-ring (bicyclic) bond motifs is 1. The van der Waals surface area contributed by atoms with Gasteiger partial charge in [-0.05, 0) is 24.7 Å². The van der Waals surface area contributed by atoms with Crippen molar-refractivity contribution in [3.8, 4) is 17.5 Å². The van der Waals surface area contributed by atoms with Crippen LogP contribution < -0.4 is 0 Å². The van der Waals surface area contributed by atoms with Gasteiger partial charge in [-0.1, -0.05) is 41.7 Å². The van der Waals surface area contributed by atoms with Gasteiger partial charge >= 0.3 is 0 Å². The topological polar surface area (TPSA) is 70.0 Å². The molecular formula is C20H21N5O2S. The summed E-state index contributed by atoms with van der Waals surface area (Å²) in [5.41, 5.74) is 1.16. The van der Waals surface area contributed by atoms with Crippen molar-refractivity contribution in [2.45, 2.75) is 6.04 Å². The average molecular weight is 395 g/mol. The molecule has 144 valence electrons. The first kappa shape index (κ1) is 17.4. The van der Waals surface area contributed by atoms with Gasteiger partial charge in [0.25, 0.3) is 0 Å². The molecule has 1 fully saturated rings. The fourth-order valence-electron chi connectivity index (χ4n) is 3.68. The number of aromatic nitrogens is 3. The number of piperazine rings is 1. The first-order chi connectivity index (χ1) is 13.7. The zero-order valence-electron chi connectivity index (χ0n) is 15.5. The van der Waals surface area contributed by atoms with E-state index in [1.165, 1.54) is 15.9 Å². The number of hydrogen-bond acceptors (Lipinski definition) is 7. The summed E-state index contributed by atoms with van der Waals surface area (Å²) in [6, 6.07) is 13.9. The standard InChI is InChI=1S/C20H21N5O2S/c1-23-9-11-24(12-10-23)16(14-6-3-2-4-7-14)17-19(26)25-20(28-17)21-18(22-25)15-8-5-13-27-15/h2-8,13,16,26H,9-12H2,1H3. The van der Waals surface area contributed by atoms with E-state index in [1.54, 1.807) is 12.3 Å². The third kappa shape index (κ3) is 2.99. The predicted octanol–water partition coefficient (Wildman–Crippen LogP) is 3.09. The van der Waals surface area contributed by atoms with E-state index in [1.807, 2.05) is 24.3 Å². The van der Waals surface area contributed by atoms with Crippen molar-refractivity contribution in [1.82, 2.24) is 24.4 Å². The minimum absolute atomic E-state index is 0.0181. The number of hydrogen-bond donors (Lipinski definition) is 1. The molecular weight excluding hydrogens is 374 g/mol. The summed E-state index contributed by atoms with van der Waals surface area (Å²) in [7, 11) is 2.14. The van der Waals surface area contributed by atoms with Gasteiger partial charge in [-0.3, -0.25) is 4.90 Å². The lowest BCUT2D eigenvalue weighted by molar-refractivity contribution is 0.127. The van der Waals surface area contributed by atoms with Crippen LogP contribution in [0.4, 0.5) is 0 Å². The number of thiazole rings is 1. The van der Waals surface area contributed by atoms with Crippen molar-refractivity contribution in [3.05, 3.63) is 59.2 Å². The Hall–Kier alpha value is -2.68. The molecule has 3 aromatic heterocycles. The largest absolute Gasteiger partial charge is 0.492 e. The summed E-state index contributed by atoms with van der Waals surface area (Å²) in [4.78, 5) is 10.8. The van der Waals surface area contributed by atoms with E-state index in [0.29, 0.717) is 16.5 Å². The van der Waals surface area contributed by atoms with E-state index in [4.69, 9.17) is 4.42 Å². The molecule has 0 bridgehead atoms. The molecule has 8 heteroatoms. The van der Waals surface area contributed by atoms with Gasteiger partial charge in [-0.25, -0.2) is 0 Å². The second-order valence-electron chi connectivity index (χ2n) is 7.05. The monoisotopic (exact) mass is 395 g/mol. The van der Waals surface area contributed by atoms with Crippen molar-refractivity contribution < 1.29 is 9.52 Å². The van der Waals surface area contributed by atoms with Crippen LogP contribution in [0.2, 0.25) is 0 Å². The van der Waals surface area contributed by atoms with Crippen LogP contribution in [0.1, 0.15) is 16.5 Å². The molecule has 1 saturated heterocycles. The van der Waals surface area contributed by atoms with Gasteiger partial charge in [0.05, 0.1) is 17.2 Å². The van der Waals surface area contributed by atoms with E-state index in [2.05, 4.69) is 39.1 Å². The van der Waals surface area contributed by atoms with Gasteiger partial charge in [0.2, 0.25) is 16.7 Å². The van der Waals surface area contributed by atoms with Crippen LogP contribution in [0.3, 0.4) is 0 Å². The molecule has 1 aromatic carbocycles. The molecule has 0 saturated carbocycles. The van der Waals surface area contributed by atoms with Gasteiger partial charge in [0.1, 0.15) is 0 Å². The summed E-state index contributed by atoms with van der Waals surface area (Å²) in [5.74, 6) is 1.22. The Morgan fingerprint density at radius 1 is 1.07 bits per heavy atom. The quantitative estimate of drug-likeness (QED) is 0.573. The lowest BCUT2D eigenvalue weighted by atomic mass is 10.0. The lowest BCUT2D eigenvalue weighted by Gasteiger charge is -2.37. The van der Waals surface area contributed by atoms with Crippen LogP contribution in [0.25, 0.3) is 16.5 Å². The zero-order valence-corrected chi connectivity index (χ0v) is 16.3. The highest BCUT2D eigenvalue weighted by Crippen LogP contribution is 2.40. The minimum Gasteiger partial charge on any atom is -0.492 e. The molecule has 0 radical (unpaired) electrons. The smallest absolute Gasteiger partial charge is 0.230 e. The SMILES string of the molecule is CN1CCN(C(c2ccccc2)c2sc3nc(-c4ccco4)nn3c2O)CC1. The van der Waals surface area contributed by atoms with Crippen LogP contribution in [0.5, 0.6) is 5.88 Å². The minimum atomic E-state index is -0.0181. The molecule has 4 aromatic rings. The highest BCUT2D eigenvalue weighted by atomic mass is 32.1. The highest BCUT2D eigenvalue weighted by Gasteiger charge is 2.31. The fourth-order valence-corrected chi connectivity index (χ4v) is 4.80. The van der Waals surface area contributed by atoms with E-state index in [9.17, 15) is 5.11 Å². The summed E-state index contributed by atoms with van der Waals surface area (Å²) in [5, 5.41) is 15.5. The molecule has 28 heavy (non-hydrogen) atoms. The van der Waals surface area contributed by atoms with E-state index in [0.717, 1.165) is 36.6 Å². The Labute approximate surface area is 166 Å². The molecule has 1 aliphatic rings. The summed E-state index contributed by atoms with van der Waals surface area (Å²) in [6.45, 7) is 3.91. The van der Waals surface area contributed by atoms with E-state index >= 15 is 0 Å². The third-order valence-electron chi connectivity index (χ3n) is 5.21. The van der Waals surface area contributed by atoms with Crippen molar-refractivity contribution >= 4 is 16.3 Å².